The zero-order chi connectivity index (χ0) is 22.1. The molecule has 0 aromatic heterocycles. The van der Waals surface area contributed by atoms with Crippen LogP contribution in [-0.4, -0.2) is 72.7 Å². The number of nitrogens with zero attached hydrogens (tertiary/aromatic N) is 3. The SMILES string of the molecule is CC1(C)CN(S(=O)(=O)c2ccccc2)C[C@@H]2CN(C(=O)CCc3ccccc3)CCN21. The fourth-order valence-corrected chi connectivity index (χ4v) is 6.49. The van der Waals surface area contributed by atoms with Gasteiger partial charge in [0.15, 0.2) is 0 Å². The highest BCUT2D eigenvalue weighted by molar-refractivity contribution is 7.89. The Morgan fingerprint density at radius 2 is 1.61 bits per heavy atom. The van der Waals surface area contributed by atoms with Crippen LogP contribution in [0.2, 0.25) is 0 Å². The van der Waals surface area contributed by atoms with E-state index in [0.29, 0.717) is 37.5 Å². The van der Waals surface area contributed by atoms with E-state index in [2.05, 4.69) is 18.7 Å². The first-order chi connectivity index (χ1) is 14.8. The van der Waals surface area contributed by atoms with Gasteiger partial charge < -0.3 is 4.90 Å². The number of piperazine rings is 2. The minimum absolute atomic E-state index is 0.00309. The fraction of sp³-hybridized carbons (Fsp3) is 0.458. The maximum absolute atomic E-state index is 13.3. The van der Waals surface area contributed by atoms with E-state index in [1.165, 1.54) is 0 Å². The summed E-state index contributed by atoms with van der Waals surface area (Å²) < 4.78 is 28.1. The summed E-state index contributed by atoms with van der Waals surface area (Å²) in [7, 11) is -3.56. The summed E-state index contributed by atoms with van der Waals surface area (Å²) in [6.45, 7) is 7.08. The van der Waals surface area contributed by atoms with Crippen molar-refractivity contribution in [3.05, 3.63) is 66.2 Å². The van der Waals surface area contributed by atoms with Gasteiger partial charge in [-0.25, -0.2) is 8.42 Å². The molecule has 4 rings (SSSR count). The number of hydrogen-bond donors (Lipinski definition) is 0. The van der Waals surface area contributed by atoms with Gasteiger partial charge in [-0.3, -0.25) is 9.69 Å². The third-order valence-electron chi connectivity index (χ3n) is 6.44. The highest BCUT2D eigenvalue weighted by atomic mass is 32.2. The van der Waals surface area contributed by atoms with Gasteiger partial charge in [0, 0.05) is 50.7 Å². The molecule has 0 unspecified atom stereocenters. The summed E-state index contributed by atoms with van der Waals surface area (Å²) >= 11 is 0. The van der Waals surface area contributed by atoms with E-state index >= 15 is 0 Å². The number of hydrogen-bond acceptors (Lipinski definition) is 4. The number of rotatable bonds is 5. The van der Waals surface area contributed by atoms with Crippen LogP contribution in [0.1, 0.15) is 25.8 Å². The second-order valence-corrected chi connectivity index (χ2v) is 11.0. The Hall–Kier alpha value is -2.22. The molecule has 0 radical (unpaired) electrons. The summed E-state index contributed by atoms with van der Waals surface area (Å²) in [6.07, 6.45) is 1.21. The van der Waals surface area contributed by atoms with E-state index < -0.39 is 10.0 Å². The lowest BCUT2D eigenvalue weighted by Crippen LogP contribution is -2.70. The van der Waals surface area contributed by atoms with Gasteiger partial charge in [-0.1, -0.05) is 48.5 Å². The van der Waals surface area contributed by atoms with E-state index in [-0.39, 0.29) is 17.5 Å². The van der Waals surface area contributed by atoms with Crippen molar-refractivity contribution in [1.29, 1.82) is 0 Å². The highest BCUT2D eigenvalue weighted by Crippen LogP contribution is 2.31. The number of carbonyl (C=O) groups excluding carboxylic acids is 1. The molecule has 166 valence electrons. The number of benzene rings is 2. The van der Waals surface area contributed by atoms with Crippen LogP contribution in [0.3, 0.4) is 0 Å². The average Bonchev–Trinajstić information content (AvgIpc) is 2.78. The second kappa shape index (κ2) is 8.73. The molecular weight excluding hydrogens is 410 g/mol. The summed E-state index contributed by atoms with van der Waals surface area (Å²) in [5.74, 6) is 0.143. The van der Waals surface area contributed by atoms with E-state index in [1.807, 2.05) is 41.3 Å². The third-order valence-corrected chi connectivity index (χ3v) is 8.27. The molecule has 2 heterocycles. The van der Waals surface area contributed by atoms with Crippen molar-refractivity contribution in [2.75, 3.05) is 32.7 Å². The predicted molar refractivity (Wildman–Crippen MR) is 121 cm³/mol. The van der Waals surface area contributed by atoms with Crippen LogP contribution < -0.4 is 0 Å². The minimum Gasteiger partial charge on any atom is -0.340 e. The summed E-state index contributed by atoms with van der Waals surface area (Å²) in [6, 6.07) is 18.7. The van der Waals surface area contributed by atoms with Crippen molar-refractivity contribution in [3.8, 4) is 0 Å². The molecule has 2 aromatic rings. The molecule has 2 fully saturated rings. The van der Waals surface area contributed by atoms with Crippen LogP contribution >= 0.6 is 0 Å². The maximum Gasteiger partial charge on any atom is 0.243 e. The molecule has 0 bridgehead atoms. The molecule has 0 N–H and O–H groups in total. The molecule has 0 spiro atoms. The zero-order valence-electron chi connectivity index (χ0n) is 18.3. The van der Waals surface area contributed by atoms with Crippen molar-refractivity contribution >= 4 is 15.9 Å². The van der Waals surface area contributed by atoms with Gasteiger partial charge in [-0.15, -0.1) is 0 Å². The molecule has 7 heteroatoms. The van der Waals surface area contributed by atoms with Gasteiger partial charge in [0.05, 0.1) is 4.90 Å². The Balaban J connectivity index is 1.46. The molecular formula is C24H31N3O3S. The Kier molecular flexibility index (Phi) is 6.19. The molecule has 31 heavy (non-hydrogen) atoms. The lowest BCUT2D eigenvalue weighted by atomic mass is 9.94. The number of sulfonamides is 1. The van der Waals surface area contributed by atoms with Gasteiger partial charge in [-0.05, 0) is 38.0 Å². The van der Waals surface area contributed by atoms with E-state index in [1.54, 1.807) is 28.6 Å². The number of aryl methyl sites for hydroxylation is 1. The van der Waals surface area contributed by atoms with Crippen LogP contribution in [0.5, 0.6) is 0 Å². The Morgan fingerprint density at radius 1 is 0.968 bits per heavy atom. The van der Waals surface area contributed by atoms with Crippen molar-refractivity contribution in [1.82, 2.24) is 14.1 Å². The van der Waals surface area contributed by atoms with Gasteiger partial charge in [0.25, 0.3) is 0 Å². The van der Waals surface area contributed by atoms with Crippen molar-refractivity contribution in [3.63, 3.8) is 0 Å². The first-order valence-corrected chi connectivity index (χ1v) is 12.3. The first-order valence-electron chi connectivity index (χ1n) is 10.9. The Morgan fingerprint density at radius 3 is 2.29 bits per heavy atom. The van der Waals surface area contributed by atoms with Crippen LogP contribution in [0.4, 0.5) is 0 Å². The van der Waals surface area contributed by atoms with Gasteiger partial charge >= 0.3 is 0 Å². The van der Waals surface area contributed by atoms with E-state index in [4.69, 9.17) is 0 Å². The van der Waals surface area contributed by atoms with Gasteiger partial charge in [0.1, 0.15) is 0 Å². The number of carbonyl (C=O) groups is 1. The maximum atomic E-state index is 13.3. The zero-order valence-corrected chi connectivity index (χ0v) is 19.1. The Bertz CT molecular complexity index is 1010. The molecule has 2 saturated heterocycles. The van der Waals surface area contributed by atoms with Gasteiger partial charge in [0.2, 0.25) is 15.9 Å². The smallest absolute Gasteiger partial charge is 0.243 e. The lowest BCUT2D eigenvalue weighted by molar-refractivity contribution is -0.137. The van der Waals surface area contributed by atoms with E-state index in [9.17, 15) is 13.2 Å². The molecule has 1 amide bonds. The molecule has 2 aliphatic rings. The quantitative estimate of drug-likeness (QED) is 0.716. The topological polar surface area (TPSA) is 60.9 Å². The highest BCUT2D eigenvalue weighted by Gasteiger charge is 2.46. The third kappa shape index (κ3) is 4.68. The van der Waals surface area contributed by atoms with Crippen LogP contribution in [-0.2, 0) is 21.2 Å². The molecule has 1 atom stereocenters. The first kappa shape index (κ1) is 22.0. The largest absolute Gasteiger partial charge is 0.340 e. The van der Waals surface area contributed by atoms with Crippen molar-refractivity contribution in [2.45, 2.75) is 43.2 Å². The number of amides is 1. The van der Waals surface area contributed by atoms with Crippen LogP contribution in [0.25, 0.3) is 0 Å². The molecule has 0 aliphatic carbocycles. The van der Waals surface area contributed by atoms with Crippen molar-refractivity contribution < 1.29 is 13.2 Å². The average molecular weight is 442 g/mol. The fourth-order valence-electron chi connectivity index (χ4n) is 4.84. The number of fused-ring (bicyclic) bond motifs is 1. The normalized spacial score (nSPS) is 22.1. The summed E-state index contributed by atoms with van der Waals surface area (Å²) in [5, 5.41) is 0. The van der Waals surface area contributed by atoms with Gasteiger partial charge in [-0.2, -0.15) is 4.31 Å². The minimum atomic E-state index is -3.56. The summed E-state index contributed by atoms with van der Waals surface area (Å²) in [5.41, 5.74) is 0.873. The monoisotopic (exact) mass is 441 g/mol. The van der Waals surface area contributed by atoms with Crippen molar-refractivity contribution in [2.24, 2.45) is 0 Å². The second-order valence-electron chi connectivity index (χ2n) is 9.10. The Labute approximate surface area is 185 Å². The van der Waals surface area contributed by atoms with Crippen LogP contribution in [0, 0.1) is 0 Å². The van der Waals surface area contributed by atoms with E-state index in [0.717, 1.165) is 18.5 Å². The summed E-state index contributed by atoms with van der Waals surface area (Å²) in [4.78, 5) is 17.5. The molecule has 0 saturated carbocycles. The lowest BCUT2D eigenvalue weighted by Gasteiger charge is -2.55. The molecule has 2 aromatic carbocycles. The molecule has 2 aliphatic heterocycles. The van der Waals surface area contributed by atoms with Crippen LogP contribution in [0.15, 0.2) is 65.6 Å². The standard InChI is InChI=1S/C24H31N3O3S/c1-24(2)19-26(31(29,30)22-11-7-4-8-12-22)18-21-17-25(15-16-27(21)24)23(28)14-13-20-9-5-3-6-10-20/h3-12,21H,13-19H2,1-2H3/t21-/m0/s1. The predicted octanol–water partition coefficient (Wildman–Crippen LogP) is 2.62. The molecule has 6 nitrogen and oxygen atoms in total.